The Morgan fingerprint density at radius 1 is 1.54 bits per heavy atom. The summed E-state index contributed by atoms with van der Waals surface area (Å²) in [6.07, 6.45) is 0. The van der Waals surface area contributed by atoms with Crippen molar-refractivity contribution in [2.24, 2.45) is 0 Å². The standard InChI is InChI=1S/C9H9NOS2/c1-2-11-6-3-4-7-8(5-6)13-9(12)10-7/h3-5H,2H2,1H3,(H,10,12). The Hall–Kier alpha value is -0.870. The number of hydrogen-bond acceptors (Lipinski definition) is 3. The monoisotopic (exact) mass is 211 g/mol. The Kier molecular flexibility index (Phi) is 2.33. The second-order valence-corrected chi connectivity index (χ2v) is 4.32. The van der Waals surface area contributed by atoms with Gasteiger partial charge in [0.2, 0.25) is 0 Å². The first kappa shape index (κ1) is 8.72. The maximum absolute atomic E-state index is 5.38. The molecule has 1 aromatic heterocycles. The minimum atomic E-state index is 0.696. The summed E-state index contributed by atoms with van der Waals surface area (Å²) in [5, 5.41) is 0. The van der Waals surface area contributed by atoms with E-state index in [1.807, 2.05) is 25.1 Å². The van der Waals surface area contributed by atoms with Crippen LogP contribution in [0.4, 0.5) is 0 Å². The second-order valence-electron chi connectivity index (χ2n) is 2.61. The van der Waals surface area contributed by atoms with Crippen molar-refractivity contribution in [3.8, 4) is 5.75 Å². The number of aromatic amines is 1. The lowest BCUT2D eigenvalue weighted by atomic mass is 10.3. The van der Waals surface area contributed by atoms with Gasteiger partial charge in [0.05, 0.1) is 16.8 Å². The van der Waals surface area contributed by atoms with Gasteiger partial charge in [-0.3, -0.25) is 0 Å². The summed E-state index contributed by atoms with van der Waals surface area (Å²) >= 11 is 6.61. The molecule has 0 radical (unpaired) electrons. The van der Waals surface area contributed by atoms with E-state index in [1.165, 1.54) is 0 Å². The van der Waals surface area contributed by atoms with Crippen molar-refractivity contribution in [2.45, 2.75) is 6.92 Å². The number of nitrogens with one attached hydrogen (secondary N) is 1. The molecule has 68 valence electrons. The van der Waals surface area contributed by atoms with Crippen LogP contribution in [0.25, 0.3) is 10.2 Å². The molecule has 1 N–H and O–H groups in total. The zero-order valence-corrected chi connectivity index (χ0v) is 8.80. The van der Waals surface area contributed by atoms with Crippen molar-refractivity contribution in [3.63, 3.8) is 0 Å². The van der Waals surface area contributed by atoms with Gasteiger partial charge in [0, 0.05) is 0 Å². The van der Waals surface area contributed by atoms with Crippen LogP contribution in [0.15, 0.2) is 18.2 Å². The highest BCUT2D eigenvalue weighted by Gasteiger charge is 1.98. The van der Waals surface area contributed by atoms with Gasteiger partial charge in [0.25, 0.3) is 0 Å². The van der Waals surface area contributed by atoms with Gasteiger partial charge in [-0.15, -0.1) is 11.3 Å². The van der Waals surface area contributed by atoms with Gasteiger partial charge < -0.3 is 9.72 Å². The lowest BCUT2D eigenvalue weighted by Crippen LogP contribution is -1.89. The third-order valence-corrected chi connectivity index (χ3v) is 2.90. The molecular formula is C9H9NOS2. The minimum absolute atomic E-state index is 0.696. The number of aromatic nitrogens is 1. The van der Waals surface area contributed by atoms with Crippen LogP contribution >= 0.6 is 23.6 Å². The van der Waals surface area contributed by atoms with Crippen LogP contribution in [-0.4, -0.2) is 11.6 Å². The molecule has 0 spiro atoms. The van der Waals surface area contributed by atoms with Crippen LogP contribution in [0.2, 0.25) is 0 Å². The third-order valence-electron chi connectivity index (χ3n) is 1.70. The molecule has 2 aromatic rings. The first-order valence-electron chi connectivity index (χ1n) is 4.05. The minimum Gasteiger partial charge on any atom is -0.494 e. The topological polar surface area (TPSA) is 25.0 Å². The highest BCUT2D eigenvalue weighted by atomic mass is 32.1. The number of hydrogen-bond donors (Lipinski definition) is 1. The third kappa shape index (κ3) is 1.73. The maximum atomic E-state index is 5.38. The van der Waals surface area contributed by atoms with Crippen molar-refractivity contribution in [1.82, 2.24) is 4.98 Å². The predicted molar refractivity (Wildman–Crippen MR) is 58.2 cm³/mol. The molecule has 0 fully saturated rings. The second kappa shape index (κ2) is 3.47. The van der Waals surface area contributed by atoms with E-state index < -0.39 is 0 Å². The van der Waals surface area contributed by atoms with Crippen molar-refractivity contribution in [1.29, 1.82) is 0 Å². The van der Waals surface area contributed by atoms with E-state index in [0.29, 0.717) is 6.61 Å². The molecule has 13 heavy (non-hydrogen) atoms. The van der Waals surface area contributed by atoms with Gasteiger partial charge in [-0.05, 0) is 37.3 Å². The number of H-pyrrole nitrogens is 1. The Balaban J connectivity index is 2.54. The van der Waals surface area contributed by atoms with E-state index >= 15 is 0 Å². The fraction of sp³-hybridized carbons (Fsp3) is 0.222. The van der Waals surface area contributed by atoms with Crippen LogP contribution in [0.5, 0.6) is 5.75 Å². The summed E-state index contributed by atoms with van der Waals surface area (Å²) < 4.78 is 7.34. The maximum Gasteiger partial charge on any atom is 0.159 e. The van der Waals surface area contributed by atoms with E-state index in [-0.39, 0.29) is 0 Å². The zero-order valence-electron chi connectivity index (χ0n) is 7.16. The summed E-state index contributed by atoms with van der Waals surface area (Å²) in [4.78, 5) is 3.11. The molecule has 0 aliphatic heterocycles. The van der Waals surface area contributed by atoms with Crippen LogP contribution in [0.3, 0.4) is 0 Å². The molecule has 0 saturated carbocycles. The Morgan fingerprint density at radius 3 is 3.15 bits per heavy atom. The summed E-state index contributed by atoms with van der Waals surface area (Å²) in [7, 11) is 0. The highest BCUT2D eigenvalue weighted by Crippen LogP contribution is 2.24. The van der Waals surface area contributed by atoms with Gasteiger partial charge in [-0.2, -0.15) is 0 Å². The highest BCUT2D eigenvalue weighted by molar-refractivity contribution is 7.73. The lowest BCUT2D eigenvalue weighted by molar-refractivity contribution is 0.341. The molecule has 0 bridgehead atoms. The van der Waals surface area contributed by atoms with Crippen molar-refractivity contribution < 1.29 is 4.74 Å². The smallest absolute Gasteiger partial charge is 0.159 e. The molecule has 2 rings (SSSR count). The summed E-state index contributed by atoms with van der Waals surface area (Å²) in [6.45, 7) is 2.67. The Bertz CT molecular complexity index is 472. The predicted octanol–water partition coefficient (Wildman–Crippen LogP) is 3.36. The van der Waals surface area contributed by atoms with E-state index in [2.05, 4.69) is 4.98 Å². The quantitative estimate of drug-likeness (QED) is 0.770. The van der Waals surface area contributed by atoms with Crippen LogP contribution in [0, 0.1) is 3.95 Å². The van der Waals surface area contributed by atoms with Gasteiger partial charge in [0.15, 0.2) is 3.95 Å². The summed E-state index contributed by atoms with van der Waals surface area (Å²) in [6, 6.07) is 5.95. The SMILES string of the molecule is CCOc1ccc2[nH]c(=S)sc2c1. The molecule has 0 aliphatic rings. The van der Waals surface area contributed by atoms with Crippen LogP contribution in [-0.2, 0) is 0 Å². The molecule has 1 heterocycles. The van der Waals surface area contributed by atoms with Gasteiger partial charge in [-0.25, -0.2) is 0 Å². The Morgan fingerprint density at radius 2 is 2.38 bits per heavy atom. The fourth-order valence-corrected chi connectivity index (χ4v) is 2.33. The number of rotatable bonds is 2. The zero-order chi connectivity index (χ0) is 9.26. The van der Waals surface area contributed by atoms with Crippen LogP contribution in [0.1, 0.15) is 6.92 Å². The first-order chi connectivity index (χ1) is 6.29. The summed E-state index contributed by atoms with van der Waals surface area (Å²) in [5.41, 5.74) is 1.08. The largest absolute Gasteiger partial charge is 0.494 e. The van der Waals surface area contributed by atoms with Crippen molar-refractivity contribution in [3.05, 3.63) is 22.2 Å². The lowest BCUT2D eigenvalue weighted by Gasteiger charge is -2.00. The number of thiazole rings is 1. The van der Waals surface area contributed by atoms with Crippen molar-refractivity contribution >= 4 is 33.8 Å². The van der Waals surface area contributed by atoms with E-state index in [4.69, 9.17) is 17.0 Å². The fourth-order valence-electron chi connectivity index (χ4n) is 1.18. The molecule has 2 nitrogen and oxygen atoms in total. The van der Waals surface area contributed by atoms with E-state index in [1.54, 1.807) is 11.3 Å². The molecule has 1 aromatic carbocycles. The molecular weight excluding hydrogens is 202 g/mol. The number of benzene rings is 1. The average molecular weight is 211 g/mol. The van der Waals surface area contributed by atoms with Gasteiger partial charge in [0.1, 0.15) is 5.75 Å². The first-order valence-corrected chi connectivity index (χ1v) is 5.28. The number of fused-ring (bicyclic) bond motifs is 1. The molecule has 0 unspecified atom stereocenters. The van der Waals surface area contributed by atoms with Gasteiger partial charge >= 0.3 is 0 Å². The Labute approximate surface area is 85.2 Å². The number of ether oxygens (including phenoxy) is 1. The normalized spacial score (nSPS) is 10.5. The van der Waals surface area contributed by atoms with Crippen molar-refractivity contribution in [2.75, 3.05) is 6.61 Å². The molecule has 0 aliphatic carbocycles. The van der Waals surface area contributed by atoms with Crippen LogP contribution < -0.4 is 4.74 Å². The summed E-state index contributed by atoms with van der Waals surface area (Å²) in [5.74, 6) is 0.903. The van der Waals surface area contributed by atoms with E-state index in [9.17, 15) is 0 Å². The molecule has 0 atom stereocenters. The van der Waals surface area contributed by atoms with E-state index in [0.717, 1.165) is 19.9 Å². The van der Waals surface area contributed by atoms with Gasteiger partial charge in [-0.1, -0.05) is 0 Å². The average Bonchev–Trinajstić information content (AvgIpc) is 2.44. The molecule has 0 saturated heterocycles. The molecule has 0 amide bonds. The molecule has 4 heteroatoms.